The lowest BCUT2D eigenvalue weighted by molar-refractivity contribution is -0.384. The molecule has 4 rings (SSSR count). The fraction of sp³-hybridized carbons (Fsp3) is 0.0870. The van der Waals surface area contributed by atoms with Gasteiger partial charge >= 0.3 is 5.97 Å². The van der Waals surface area contributed by atoms with E-state index in [1.807, 2.05) is 4.72 Å². The number of hydrogen-bond donors (Lipinski definition) is 3. The molecule has 1 atom stereocenters. The number of anilines is 1. The van der Waals surface area contributed by atoms with Gasteiger partial charge in [-0.2, -0.15) is 4.72 Å². The van der Waals surface area contributed by atoms with E-state index in [0.717, 1.165) is 0 Å². The number of carbonyl (C=O) groups is 2. The van der Waals surface area contributed by atoms with Gasteiger partial charge in [0.2, 0.25) is 15.9 Å². The van der Waals surface area contributed by atoms with Crippen LogP contribution in [-0.4, -0.2) is 42.6 Å². The fourth-order valence-corrected chi connectivity index (χ4v) is 4.59. The Labute approximate surface area is 199 Å². The highest BCUT2D eigenvalue weighted by molar-refractivity contribution is 7.89. The van der Waals surface area contributed by atoms with Crippen molar-refractivity contribution < 1.29 is 28.0 Å². The number of non-ortho nitro benzene ring substituents is 1. The third kappa shape index (κ3) is 5.08. The molecule has 1 amide bonds. The lowest BCUT2D eigenvalue weighted by Crippen LogP contribution is -2.29. The molecule has 0 bridgehead atoms. The Morgan fingerprint density at radius 1 is 1.09 bits per heavy atom. The van der Waals surface area contributed by atoms with Gasteiger partial charge in [0.25, 0.3) is 5.69 Å². The summed E-state index contributed by atoms with van der Waals surface area (Å²) < 4.78 is 26.5. The maximum absolute atomic E-state index is 12.9. The second-order valence-electron chi connectivity index (χ2n) is 7.53. The number of nitro benzene ring substituents is 1. The topological polar surface area (TPSA) is 168 Å². The lowest BCUT2D eigenvalue weighted by Gasteiger charge is -2.14. The van der Waals surface area contributed by atoms with Crippen molar-refractivity contribution in [1.29, 1.82) is 0 Å². The van der Waals surface area contributed by atoms with Gasteiger partial charge in [-0.25, -0.2) is 8.42 Å². The zero-order valence-electron chi connectivity index (χ0n) is 17.9. The van der Waals surface area contributed by atoms with E-state index in [4.69, 9.17) is 5.11 Å². The monoisotopic (exact) mass is 494 g/mol. The van der Waals surface area contributed by atoms with Crippen LogP contribution in [0.5, 0.6) is 0 Å². The molecule has 3 N–H and O–H groups in total. The Morgan fingerprint density at radius 2 is 1.77 bits per heavy atom. The van der Waals surface area contributed by atoms with E-state index < -0.39 is 39.3 Å². The van der Waals surface area contributed by atoms with E-state index in [1.165, 1.54) is 42.5 Å². The molecule has 3 aromatic rings. The molecule has 1 aliphatic heterocycles. The second-order valence-corrected chi connectivity index (χ2v) is 9.29. The summed E-state index contributed by atoms with van der Waals surface area (Å²) in [7, 11) is -4.04. The van der Waals surface area contributed by atoms with Gasteiger partial charge < -0.3 is 10.4 Å². The summed E-state index contributed by atoms with van der Waals surface area (Å²) in [6.07, 6.45) is 0. The zero-order valence-corrected chi connectivity index (χ0v) is 18.7. The summed E-state index contributed by atoms with van der Waals surface area (Å²) in [5.74, 6) is -2.66. The third-order valence-corrected chi connectivity index (χ3v) is 6.65. The Morgan fingerprint density at radius 3 is 2.40 bits per heavy atom. The molecule has 0 aromatic heterocycles. The number of aliphatic imine (C=N–C) groups is 1. The molecule has 0 aliphatic carbocycles. The van der Waals surface area contributed by atoms with Gasteiger partial charge in [-0.1, -0.05) is 30.3 Å². The molecule has 3 aromatic carbocycles. The molecule has 1 aliphatic rings. The minimum atomic E-state index is -4.04. The number of carboxylic acids is 1. The molecule has 1 unspecified atom stereocenters. The molecule has 0 saturated heterocycles. The first-order valence-corrected chi connectivity index (χ1v) is 11.7. The van der Waals surface area contributed by atoms with Crippen LogP contribution in [0.15, 0.2) is 82.7 Å². The van der Waals surface area contributed by atoms with E-state index in [9.17, 15) is 28.1 Å². The summed E-state index contributed by atoms with van der Waals surface area (Å²) in [5, 5.41) is 22.7. The third-order valence-electron chi connectivity index (χ3n) is 5.23. The first kappa shape index (κ1) is 23.7. The van der Waals surface area contributed by atoms with Gasteiger partial charge in [0.1, 0.15) is 12.5 Å². The highest BCUT2D eigenvalue weighted by atomic mass is 32.2. The maximum atomic E-state index is 12.9. The molecule has 0 fully saturated rings. The standard InChI is InChI=1S/C23H18N4O7S/c28-20(29)13-24-35(33,34)17-9-6-15(7-10-17)25-22(14-4-2-1-3-5-14)21-18-12-16(27(31)32)8-11-19(18)26-23(21)30/h1-12,21,24H,13H2,(H,26,30)(H,28,29). The van der Waals surface area contributed by atoms with Crippen LogP contribution in [0.2, 0.25) is 0 Å². The van der Waals surface area contributed by atoms with Crippen LogP contribution < -0.4 is 10.0 Å². The van der Waals surface area contributed by atoms with Crippen LogP contribution in [0.3, 0.4) is 0 Å². The first-order chi connectivity index (χ1) is 16.7. The number of rotatable bonds is 8. The van der Waals surface area contributed by atoms with E-state index in [-0.39, 0.29) is 10.6 Å². The highest BCUT2D eigenvalue weighted by Crippen LogP contribution is 2.38. The molecule has 0 radical (unpaired) electrons. The molecule has 0 saturated carbocycles. The van der Waals surface area contributed by atoms with Gasteiger partial charge in [-0.3, -0.25) is 24.7 Å². The molecule has 0 spiro atoms. The number of carbonyl (C=O) groups excluding carboxylic acids is 1. The average molecular weight is 494 g/mol. The smallest absolute Gasteiger partial charge is 0.318 e. The number of aliphatic carboxylic acids is 1. The molecule has 1 heterocycles. The van der Waals surface area contributed by atoms with E-state index in [2.05, 4.69) is 10.3 Å². The minimum Gasteiger partial charge on any atom is -0.480 e. The van der Waals surface area contributed by atoms with Gasteiger partial charge in [0.15, 0.2) is 0 Å². The number of sulfonamides is 1. The van der Waals surface area contributed by atoms with Gasteiger partial charge in [0.05, 0.1) is 21.2 Å². The van der Waals surface area contributed by atoms with Crippen molar-refractivity contribution >= 4 is 44.7 Å². The normalized spacial score (nSPS) is 15.4. The van der Waals surface area contributed by atoms with Crippen LogP contribution in [0, 0.1) is 10.1 Å². The SMILES string of the molecule is O=C(O)CNS(=O)(=O)c1ccc(N=C(c2ccccc2)C2C(=O)Nc3ccc([N+](=O)[O-])cc32)cc1. The number of nitrogens with one attached hydrogen (secondary N) is 2. The van der Waals surface area contributed by atoms with Gasteiger partial charge in [-0.15, -0.1) is 0 Å². The number of hydrogen-bond acceptors (Lipinski definition) is 7. The number of carboxylic acid groups (broad SMARTS) is 1. The van der Waals surface area contributed by atoms with Crippen molar-refractivity contribution in [2.45, 2.75) is 10.8 Å². The van der Waals surface area contributed by atoms with Gasteiger partial charge in [-0.05, 0) is 35.9 Å². The van der Waals surface area contributed by atoms with Crippen LogP contribution in [0.4, 0.5) is 17.1 Å². The summed E-state index contributed by atoms with van der Waals surface area (Å²) in [6.45, 7) is -0.761. The number of nitro groups is 1. The Kier molecular flexibility index (Phi) is 6.40. The van der Waals surface area contributed by atoms with Crippen LogP contribution in [0.1, 0.15) is 17.0 Å². The summed E-state index contributed by atoms with van der Waals surface area (Å²) in [4.78, 5) is 38.8. The largest absolute Gasteiger partial charge is 0.480 e. The highest BCUT2D eigenvalue weighted by Gasteiger charge is 2.36. The first-order valence-electron chi connectivity index (χ1n) is 10.2. The van der Waals surface area contributed by atoms with Gasteiger partial charge in [0, 0.05) is 23.4 Å². The number of benzene rings is 3. The molecular formula is C23H18N4O7S. The molecule has 35 heavy (non-hydrogen) atoms. The quantitative estimate of drug-likeness (QED) is 0.246. The Hall–Kier alpha value is -4.42. The predicted molar refractivity (Wildman–Crippen MR) is 126 cm³/mol. The second kappa shape index (κ2) is 9.44. The predicted octanol–water partition coefficient (Wildman–Crippen LogP) is 2.81. The van der Waals surface area contributed by atoms with Crippen molar-refractivity contribution in [3.63, 3.8) is 0 Å². The fourth-order valence-electron chi connectivity index (χ4n) is 3.62. The Balaban J connectivity index is 1.77. The van der Waals surface area contributed by atoms with Crippen molar-refractivity contribution in [3.05, 3.63) is 94.0 Å². The Bertz CT molecular complexity index is 1450. The molecule has 11 nitrogen and oxygen atoms in total. The summed E-state index contributed by atoms with van der Waals surface area (Å²) >= 11 is 0. The number of amides is 1. The summed E-state index contributed by atoms with van der Waals surface area (Å²) in [6, 6.07) is 18.3. The van der Waals surface area contributed by atoms with Crippen molar-refractivity contribution in [2.24, 2.45) is 4.99 Å². The minimum absolute atomic E-state index is 0.154. The van der Waals surface area contributed by atoms with Crippen LogP contribution in [0.25, 0.3) is 0 Å². The van der Waals surface area contributed by atoms with Crippen LogP contribution in [-0.2, 0) is 19.6 Å². The number of nitrogens with zero attached hydrogens (tertiary/aromatic N) is 2. The molecule has 178 valence electrons. The average Bonchev–Trinajstić information content (AvgIpc) is 3.17. The maximum Gasteiger partial charge on any atom is 0.318 e. The lowest BCUT2D eigenvalue weighted by atomic mass is 9.90. The molecule has 12 heteroatoms. The molecular weight excluding hydrogens is 476 g/mol. The van der Waals surface area contributed by atoms with Crippen molar-refractivity contribution in [3.8, 4) is 0 Å². The van der Waals surface area contributed by atoms with E-state index >= 15 is 0 Å². The van der Waals surface area contributed by atoms with Crippen LogP contribution >= 0.6 is 0 Å². The van der Waals surface area contributed by atoms with Crippen molar-refractivity contribution in [1.82, 2.24) is 4.72 Å². The summed E-state index contributed by atoms with van der Waals surface area (Å²) in [5.41, 5.74) is 1.94. The van der Waals surface area contributed by atoms with E-state index in [0.29, 0.717) is 28.2 Å². The van der Waals surface area contributed by atoms with E-state index in [1.54, 1.807) is 30.3 Å². The van der Waals surface area contributed by atoms with Crippen molar-refractivity contribution in [2.75, 3.05) is 11.9 Å². The zero-order chi connectivity index (χ0) is 25.2. The number of fused-ring (bicyclic) bond motifs is 1.